The van der Waals surface area contributed by atoms with E-state index in [9.17, 15) is 14.7 Å². The molecule has 0 aliphatic heterocycles. The summed E-state index contributed by atoms with van der Waals surface area (Å²) in [6, 6.07) is 6.32. The van der Waals surface area contributed by atoms with Crippen LogP contribution in [0.15, 0.2) is 35.5 Å². The molecular formula is C22H35N3O3. The summed E-state index contributed by atoms with van der Waals surface area (Å²) in [6.45, 7) is 6.35. The zero-order chi connectivity index (χ0) is 20.9. The summed E-state index contributed by atoms with van der Waals surface area (Å²) < 4.78 is 0. The molecule has 0 radical (unpaired) electrons. The topological polar surface area (TPSA) is 90.5 Å². The molecule has 0 bridgehead atoms. The SMILES string of the molecule is CC.CNC(/C(C(=O)NCC1CCCCC1)=C(/C)NC=O)c1cccc(O)c1. The van der Waals surface area contributed by atoms with Gasteiger partial charge < -0.3 is 21.1 Å². The first-order chi connectivity index (χ1) is 13.6. The van der Waals surface area contributed by atoms with Gasteiger partial charge in [-0.05, 0) is 50.4 Å². The van der Waals surface area contributed by atoms with Gasteiger partial charge in [0.2, 0.25) is 6.41 Å². The summed E-state index contributed by atoms with van der Waals surface area (Å²) in [4.78, 5) is 23.8. The number of allylic oxidation sites excluding steroid dienone is 1. The van der Waals surface area contributed by atoms with Crippen molar-refractivity contribution in [3.05, 3.63) is 41.1 Å². The Morgan fingerprint density at radius 2 is 1.93 bits per heavy atom. The summed E-state index contributed by atoms with van der Waals surface area (Å²) in [5, 5.41) is 18.5. The van der Waals surface area contributed by atoms with Crippen LogP contribution in [0.3, 0.4) is 0 Å². The van der Waals surface area contributed by atoms with Crippen molar-refractivity contribution in [3.63, 3.8) is 0 Å². The van der Waals surface area contributed by atoms with Crippen molar-refractivity contribution in [3.8, 4) is 5.75 Å². The molecular weight excluding hydrogens is 354 g/mol. The molecule has 4 N–H and O–H groups in total. The molecule has 6 nitrogen and oxygen atoms in total. The largest absolute Gasteiger partial charge is 0.508 e. The quantitative estimate of drug-likeness (QED) is 0.405. The lowest BCUT2D eigenvalue weighted by Crippen LogP contribution is -2.37. The zero-order valence-corrected chi connectivity index (χ0v) is 17.5. The van der Waals surface area contributed by atoms with Crippen LogP contribution in [0, 0.1) is 5.92 Å². The van der Waals surface area contributed by atoms with Crippen molar-refractivity contribution in [2.24, 2.45) is 5.92 Å². The highest BCUT2D eigenvalue weighted by Gasteiger charge is 2.25. The maximum absolute atomic E-state index is 12.9. The van der Waals surface area contributed by atoms with E-state index in [1.165, 1.54) is 19.3 Å². The number of phenolic OH excluding ortho intramolecular Hbond substituents is 1. The summed E-state index contributed by atoms with van der Waals surface area (Å²) in [7, 11) is 1.75. The van der Waals surface area contributed by atoms with Crippen LogP contribution in [-0.4, -0.2) is 31.0 Å². The van der Waals surface area contributed by atoms with E-state index in [1.807, 2.05) is 19.9 Å². The Hall–Kier alpha value is -2.34. The molecule has 1 unspecified atom stereocenters. The van der Waals surface area contributed by atoms with Crippen LogP contribution in [0.2, 0.25) is 0 Å². The van der Waals surface area contributed by atoms with Gasteiger partial charge in [0.05, 0.1) is 11.6 Å². The Bertz CT molecular complexity index is 652. The minimum absolute atomic E-state index is 0.130. The van der Waals surface area contributed by atoms with Gasteiger partial charge in [-0.2, -0.15) is 0 Å². The van der Waals surface area contributed by atoms with Gasteiger partial charge in [-0.25, -0.2) is 0 Å². The van der Waals surface area contributed by atoms with Crippen molar-refractivity contribution in [1.82, 2.24) is 16.0 Å². The third kappa shape index (κ3) is 7.00. The van der Waals surface area contributed by atoms with E-state index in [4.69, 9.17) is 0 Å². The minimum Gasteiger partial charge on any atom is -0.508 e. The monoisotopic (exact) mass is 389 g/mol. The van der Waals surface area contributed by atoms with E-state index >= 15 is 0 Å². The van der Waals surface area contributed by atoms with Gasteiger partial charge in [-0.3, -0.25) is 9.59 Å². The van der Waals surface area contributed by atoms with E-state index in [0.29, 0.717) is 30.1 Å². The highest BCUT2D eigenvalue weighted by atomic mass is 16.3. The van der Waals surface area contributed by atoms with Crippen molar-refractivity contribution in [2.45, 2.75) is 58.9 Å². The smallest absolute Gasteiger partial charge is 0.250 e. The van der Waals surface area contributed by atoms with Gasteiger partial charge in [-0.1, -0.05) is 45.2 Å². The number of hydrogen-bond donors (Lipinski definition) is 4. The number of amides is 2. The molecule has 1 aliphatic rings. The molecule has 1 aliphatic carbocycles. The Kier molecular flexibility index (Phi) is 11.0. The zero-order valence-electron chi connectivity index (χ0n) is 17.5. The van der Waals surface area contributed by atoms with Crippen LogP contribution in [0.5, 0.6) is 5.75 Å². The second-order valence-corrected chi connectivity index (χ2v) is 6.83. The van der Waals surface area contributed by atoms with Gasteiger partial charge in [0.15, 0.2) is 0 Å². The van der Waals surface area contributed by atoms with Gasteiger partial charge in [0.25, 0.3) is 5.91 Å². The van der Waals surface area contributed by atoms with Crippen LogP contribution < -0.4 is 16.0 Å². The molecule has 1 fully saturated rings. The third-order valence-electron chi connectivity index (χ3n) is 4.98. The average molecular weight is 390 g/mol. The lowest BCUT2D eigenvalue weighted by atomic mass is 9.89. The first-order valence-corrected chi connectivity index (χ1v) is 10.2. The minimum atomic E-state index is -0.444. The number of carbonyl (C=O) groups excluding carboxylic acids is 2. The van der Waals surface area contributed by atoms with Gasteiger partial charge in [-0.15, -0.1) is 0 Å². The van der Waals surface area contributed by atoms with Gasteiger partial charge in [0.1, 0.15) is 5.75 Å². The Balaban J connectivity index is 0.00000190. The number of benzene rings is 1. The van der Waals surface area contributed by atoms with Gasteiger partial charge >= 0.3 is 0 Å². The number of phenols is 1. The molecule has 156 valence electrons. The predicted octanol–water partition coefficient (Wildman–Crippen LogP) is 3.40. The summed E-state index contributed by atoms with van der Waals surface area (Å²) in [5.41, 5.74) is 1.69. The average Bonchev–Trinajstić information content (AvgIpc) is 2.72. The summed E-state index contributed by atoms with van der Waals surface area (Å²) in [5.74, 6) is 0.443. The maximum Gasteiger partial charge on any atom is 0.250 e. The van der Waals surface area contributed by atoms with E-state index in [2.05, 4.69) is 16.0 Å². The van der Waals surface area contributed by atoms with Crippen LogP contribution in [0.4, 0.5) is 0 Å². The number of likely N-dealkylation sites (N-methyl/N-ethyl adjacent to an activating group) is 1. The predicted molar refractivity (Wildman–Crippen MR) is 113 cm³/mol. The first kappa shape index (κ1) is 23.7. The third-order valence-corrected chi connectivity index (χ3v) is 4.98. The molecule has 1 aromatic carbocycles. The molecule has 1 saturated carbocycles. The fourth-order valence-electron chi connectivity index (χ4n) is 3.59. The van der Waals surface area contributed by atoms with E-state index in [-0.39, 0.29) is 11.7 Å². The highest BCUT2D eigenvalue weighted by Crippen LogP contribution is 2.27. The highest BCUT2D eigenvalue weighted by molar-refractivity contribution is 5.95. The second-order valence-electron chi connectivity index (χ2n) is 6.83. The van der Waals surface area contributed by atoms with Crippen molar-refractivity contribution < 1.29 is 14.7 Å². The van der Waals surface area contributed by atoms with Crippen LogP contribution >= 0.6 is 0 Å². The van der Waals surface area contributed by atoms with Crippen LogP contribution in [0.25, 0.3) is 0 Å². The number of hydrogen-bond acceptors (Lipinski definition) is 4. The molecule has 1 aromatic rings. The van der Waals surface area contributed by atoms with Crippen molar-refractivity contribution in [1.29, 1.82) is 0 Å². The Morgan fingerprint density at radius 1 is 1.25 bits per heavy atom. The fraction of sp³-hybridized carbons (Fsp3) is 0.545. The number of rotatable bonds is 8. The normalized spacial score (nSPS) is 16.1. The van der Waals surface area contributed by atoms with Gasteiger partial charge in [0, 0.05) is 12.2 Å². The number of carbonyl (C=O) groups is 2. The molecule has 0 aromatic heterocycles. The molecule has 28 heavy (non-hydrogen) atoms. The van der Waals surface area contributed by atoms with Crippen molar-refractivity contribution in [2.75, 3.05) is 13.6 Å². The molecule has 1 atom stereocenters. The standard InChI is InChI=1S/C20H29N3O3.C2H6/c1-14(23-13-24)18(19(21-2)16-9-6-10-17(25)11-16)20(26)22-12-15-7-4-3-5-8-15;1-2/h6,9-11,13,15,19,21,25H,3-5,7-8,12H2,1-2H3,(H,22,26)(H,23,24);1-2H3/b18-14+;. The first-order valence-electron chi connectivity index (χ1n) is 10.2. The molecule has 0 spiro atoms. The van der Waals surface area contributed by atoms with Crippen LogP contribution in [-0.2, 0) is 9.59 Å². The summed E-state index contributed by atoms with van der Waals surface area (Å²) in [6.07, 6.45) is 6.57. The molecule has 6 heteroatoms. The summed E-state index contributed by atoms with van der Waals surface area (Å²) >= 11 is 0. The van der Waals surface area contributed by atoms with Crippen molar-refractivity contribution >= 4 is 12.3 Å². The molecule has 0 heterocycles. The lowest BCUT2D eigenvalue weighted by Gasteiger charge is -2.25. The Labute approximate surface area is 168 Å². The molecule has 2 rings (SSSR count). The van der Waals surface area contributed by atoms with E-state index < -0.39 is 6.04 Å². The number of aromatic hydroxyl groups is 1. The van der Waals surface area contributed by atoms with E-state index in [1.54, 1.807) is 32.2 Å². The number of nitrogens with one attached hydrogen (secondary N) is 3. The van der Waals surface area contributed by atoms with E-state index in [0.717, 1.165) is 18.4 Å². The van der Waals surface area contributed by atoms with Crippen LogP contribution in [0.1, 0.15) is 64.5 Å². The lowest BCUT2D eigenvalue weighted by molar-refractivity contribution is -0.118. The maximum atomic E-state index is 12.9. The molecule has 0 saturated heterocycles. The second kappa shape index (κ2) is 12.9. The fourth-order valence-corrected chi connectivity index (χ4v) is 3.59. The molecule has 2 amide bonds. The Morgan fingerprint density at radius 3 is 2.50 bits per heavy atom.